The number of ether oxygens (including phenoxy) is 2. The van der Waals surface area contributed by atoms with Crippen molar-refractivity contribution in [3.05, 3.63) is 77.4 Å². The summed E-state index contributed by atoms with van der Waals surface area (Å²) in [6.07, 6.45) is 6.15. The fourth-order valence-electron chi connectivity index (χ4n) is 2.24. The summed E-state index contributed by atoms with van der Waals surface area (Å²) in [6.45, 7) is -0.164. The largest absolute Gasteiger partial charge is 0.497 e. The molecular weight excluding hydrogens is 388 g/mol. The molecule has 0 aliphatic rings. The van der Waals surface area contributed by atoms with Gasteiger partial charge < -0.3 is 14.6 Å². The van der Waals surface area contributed by atoms with Crippen LogP contribution in [0.4, 0.5) is 0 Å². The number of methoxy groups -OCH3 is 1. The molecule has 0 spiro atoms. The number of carbonyl (C=O) groups excluding carboxylic acids is 2. The van der Waals surface area contributed by atoms with E-state index in [1.807, 2.05) is 30.3 Å². The molecule has 30 heavy (non-hydrogen) atoms. The zero-order valence-corrected chi connectivity index (χ0v) is 16.6. The summed E-state index contributed by atoms with van der Waals surface area (Å²) in [5.74, 6) is 0.182. The lowest BCUT2D eigenvalue weighted by Gasteiger charge is -2.09. The highest BCUT2D eigenvalue weighted by Crippen LogP contribution is 2.12. The van der Waals surface area contributed by atoms with E-state index in [1.54, 1.807) is 43.5 Å². The Morgan fingerprint density at radius 1 is 0.933 bits per heavy atom. The maximum atomic E-state index is 11.7. The van der Waals surface area contributed by atoms with E-state index in [0.717, 1.165) is 23.2 Å². The molecule has 0 fully saturated rings. The van der Waals surface area contributed by atoms with Crippen molar-refractivity contribution in [2.45, 2.75) is 6.10 Å². The molecule has 1 atom stereocenters. The Kier molecular flexibility index (Phi) is 10.0. The molecule has 0 aromatic heterocycles. The van der Waals surface area contributed by atoms with Gasteiger partial charge in [0.2, 0.25) is 0 Å². The molecule has 0 bridgehead atoms. The average Bonchev–Trinajstić information content (AvgIpc) is 2.79. The molecule has 2 aromatic rings. The number of rotatable bonds is 12. The maximum absolute atomic E-state index is 11.7. The third-order valence-corrected chi connectivity index (χ3v) is 3.84. The van der Waals surface area contributed by atoms with Crippen LogP contribution in [-0.4, -0.2) is 50.4 Å². The second kappa shape index (κ2) is 13.1. The first-order valence-electron chi connectivity index (χ1n) is 9.24. The molecule has 0 saturated carbocycles. The van der Waals surface area contributed by atoms with Crippen LogP contribution in [-0.2, 0) is 19.3 Å². The normalized spacial score (nSPS) is 12.2. The van der Waals surface area contributed by atoms with Crippen molar-refractivity contribution in [2.75, 3.05) is 26.9 Å². The summed E-state index contributed by atoms with van der Waals surface area (Å²) in [6, 6.07) is 14.2. The number of hydrogen-bond donors (Lipinski definition) is 1. The zero-order chi connectivity index (χ0) is 21.6. The zero-order valence-electron chi connectivity index (χ0n) is 16.6. The van der Waals surface area contributed by atoms with Gasteiger partial charge in [0.05, 0.1) is 7.11 Å². The fraction of sp³-hybridized carbons (Fsp3) is 0.217. The lowest BCUT2D eigenvalue weighted by atomic mass is 10.1. The molecular formula is C23H24O7. The van der Waals surface area contributed by atoms with E-state index < -0.39 is 12.1 Å². The van der Waals surface area contributed by atoms with E-state index >= 15 is 0 Å². The first kappa shape index (κ1) is 23.0. The number of benzene rings is 2. The van der Waals surface area contributed by atoms with Crippen LogP contribution in [0.25, 0.3) is 12.2 Å². The third-order valence-electron chi connectivity index (χ3n) is 3.84. The molecule has 0 heterocycles. The minimum Gasteiger partial charge on any atom is -0.497 e. The molecule has 0 saturated heterocycles. The van der Waals surface area contributed by atoms with Crippen LogP contribution in [0.5, 0.6) is 5.75 Å². The summed E-state index contributed by atoms with van der Waals surface area (Å²) in [5, 5.41) is 9.76. The summed E-state index contributed by atoms with van der Waals surface area (Å²) in [7, 11) is 1.61. The molecule has 1 N–H and O–H groups in total. The third kappa shape index (κ3) is 8.83. The van der Waals surface area contributed by atoms with Crippen molar-refractivity contribution in [3.63, 3.8) is 0 Å². The SMILES string of the molecule is COc1ccc(C=CCOOCC(O)COC(=O)C=Cc2ccc(C=O)cc2)cc1. The van der Waals surface area contributed by atoms with Gasteiger partial charge in [0.25, 0.3) is 0 Å². The van der Waals surface area contributed by atoms with Gasteiger partial charge in [-0.25, -0.2) is 14.6 Å². The summed E-state index contributed by atoms with van der Waals surface area (Å²) < 4.78 is 10.0. The first-order valence-corrected chi connectivity index (χ1v) is 9.24. The monoisotopic (exact) mass is 412 g/mol. The lowest BCUT2D eigenvalue weighted by molar-refractivity contribution is -0.298. The maximum Gasteiger partial charge on any atom is 0.330 e. The van der Waals surface area contributed by atoms with Crippen LogP contribution in [0.2, 0.25) is 0 Å². The van der Waals surface area contributed by atoms with Gasteiger partial charge in [0, 0.05) is 11.6 Å². The second-order valence-electron chi connectivity index (χ2n) is 6.15. The minimum absolute atomic E-state index is 0.138. The van der Waals surface area contributed by atoms with Gasteiger partial charge in [-0.15, -0.1) is 0 Å². The molecule has 2 aromatic carbocycles. The molecule has 2 rings (SSSR count). The molecule has 1 unspecified atom stereocenters. The average molecular weight is 412 g/mol. The van der Waals surface area contributed by atoms with Crippen molar-refractivity contribution in [3.8, 4) is 5.75 Å². The van der Waals surface area contributed by atoms with Crippen LogP contribution in [0.15, 0.2) is 60.7 Å². The number of carbonyl (C=O) groups is 2. The smallest absolute Gasteiger partial charge is 0.330 e. The Bertz CT molecular complexity index is 839. The minimum atomic E-state index is -1.01. The van der Waals surface area contributed by atoms with Crippen LogP contribution in [0.3, 0.4) is 0 Å². The lowest BCUT2D eigenvalue weighted by Crippen LogP contribution is -2.23. The number of esters is 1. The first-order chi connectivity index (χ1) is 14.6. The molecule has 0 aliphatic carbocycles. The van der Waals surface area contributed by atoms with Crippen LogP contribution in [0, 0.1) is 0 Å². The summed E-state index contributed by atoms with van der Waals surface area (Å²) in [5.41, 5.74) is 2.29. The Balaban J connectivity index is 1.58. The van der Waals surface area contributed by atoms with Crippen LogP contribution in [0.1, 0.15) is 21.5 Å². The molecule has 0 aliphatic heterocycles. The van der Waals surface area contributed by atoms with Gasteiger partial charge in [-0.05, 0) is 29.3 Å². The van der Waals surface area contributed by atoms with Crippen molar-refractivity contribution >= 4 is 24.4 Å². The fourth-order valence-corrected chi connectivity index (χ4v) is 2.24. The van der Waals surface area contributed by atoms with Gasteiger partial charge in [0.1, 0.15) is 38.0 Å². The van der Waals surface area contributed by atoms with Gasteiger partial charge in [-0.3, -0.25) is 4.79 Å². The van der Waals surface area contributed by atoms with E-state index in [1.165, 1.54) is 6.08 Å². The van der Waals surface area contributed by atoms with Crippen LogP contribution < -0.4 is 4.74 Å². The number of aliphatic hydroxyl groups is 1. The van der Waals surface area contributed by atoms with Crippen molar-refractivity contribution in [2.24, 2.45) is 0 Å². The number of hydrogen-bond acceptors (Lipinski definition) is 7. The predicted octanol–water partition coefficient (Wildman–Crippen LogP) is 3.09. The van der Waals surface area contributed by atoms with Gasteiger partial charge in [-0.1, -0.05) is 48.6 Å². The van der Waals surface area contributed by atoms with Gasteiger partial charge >= 0.3 is 5.97 Å². The van der Waals surface area contributed by atoms with E-state index in [0.29, 0.717) is 5.56 Å². The molecule has 7 heteroatoms. The van der Waals surface area contributed by atoms with Gasteiger partial charge in [-0.2, -0.15) is 0 Å². The highest BCUT2D eigenvalue weighted by molar-refractivity contribution is 5.87. The predicted molar refractivity (Wildman–Crippen MR) is 112 cm³/mol. The van der Waals surface area contributed by atoms with Crippen molar-refractivity contribution in [1.29, 1.82) is 0 Å². The quantitative estimate of drug-likeness (QED) is 0.143. The van der Waals surface area contributed by atoms with Crippen molar-refractivity contribution in [1.82, 2.24) is 0 Å². The van der Waals surface area contributed by atoms with E-state index in [-0.39, 0.29) is 19.8 Å². The Hall–Kier alpha value is -3.26. The molecule has 158 valence electrons. The Labute approximate surface area is 175 Å². The van der Waals surface area contributed by atoms with E-state index in [2.05, 4.69) is 0 Å². The number of aldehydes is 1. The Morgan fingerprint density at radius 2 is 1.57 bits per heavy atom. The van der Waals surface area contributed by atoms with Crippen molar-refractivity contribution < 1.29 is 33.9 Å². The van der Waals surface area contributed by atoms with E-state index in [4.69, 9.17) is 19.2 Å². The summed E-state index contributed by atoms with van der Waals surface area (Å²) in [4.78, 5) is 32.1. The second-order valence-corrected chi connectivity index (χ2v) is 6.15. The molecule has 0 radical (unpaired) electrons. The number of aliphatic hydroxyl groups excluding tert-OH is 1. The Morgan fingerprint density at radius 3 is 2.23 bits per heavy atom. The highest BCUT2D eigenvalue weighted by Gasteiger charge is 2.07. The molecule has 0 amide bonds. The topological polar surface area (TPSA) is 91.3 Å². The van der Waals surface area contributed by atoms with E-state index in [9.17, 15) is 14.7 Å². The molecule has 7 nitrogen and oxygen atoms in total. The standard InChI is InChI=1S/C23H24O7/c1-27-22-11-8-18(9-12-22)3-2-14-29-30-17-21(25)16-28-23(26)13-10-19-4-6-20(15-24)7-5-19/h2-13,15,21,25H,14,16-17H2,1H3. The van der Waals surface area contributed by atoms with Gasteiger partial charge in [0.15, 0.2) is 0 Å². The summed E-state index contributed by atoms with van der Waals surface area (Å²) >= 11 is 0. The van der Waals surface area contributed by atoms with Crippen LogP contribution >= 0.6 is 0 Å². The highest BCUT2D eigenvalue weighted by atomic mass is 17.2.